The molecule has 0 aromatic carbocycles. The van der Waals surface area contributed by atoms with E-state index in [0.29, 0.717) is 0 Å². The largest absolute Gasteiger partial charge is 0.369 e. The molecule has 0 aliphatic heterocycles. The third kappa shape index (κ3) is 9.15. The molecule has 0 saturated heterocycles. The van der Waals surface area contributed by atoms with Crippen molar-refractivity contribution in [2.75, 3.05) is 0 Å². The molecule has 0 aromatic rings. The van der Waals surface area contributed by atoms with Crippen LogP contribution in [0.2, 0.25) is 51.4 Å². The molecule has 0 unspecified atom stereocenters. The number of hydrogen-bond donors (Lipinski definition) is 1. The maximum Gasteiger partial charge on any atom is 0.220 e. The van der Waals surface area contributed by atoms with Crippen molar-refractivity contribution in [1.29, 1.82) is 0 Å². The van der Waals surface area contributed by atoms with E-state index in [-0.39, 0.29) is 11.8 Å². The lowest BCUT2D eigenvalue weighted by atomic mass is 10.0. The zero-order valence-corrected chi connectivity index (χ0v) is 13.9. The van der Waals surface area contributed by atoms with E-state index in [1.165, 1.54) is 12.1 Å². The highest BCUT2D eigenvalue weighted by atomic mass is 28.3. The molecule has 0 aliphatic carbocycles. The molecule has 2 N–H and O–H groups in total. The lowest BCUT2D eigenvalue weighted by molar-refractivity contribution is -0.121. The number of rotatable bonds is 7. The summed E-state index contributed by atoms with van der Waals surface area (Å²) in [6.45, 7) is 14.1. The van der Waals surface area contributed by atoms with Crippen molar-refractivity contribution in [3.8, 4) is 0 Å². The first-order chi connectivity index (χ1) is 7.01. The second-order valence-electron chi connectivity index (χ2n) is 7.30. The zero-order valence-electron chi connectivity index (χ0n) is 11.9. The van der Waals surface area contributed by atoms with E-state index in [2.05, 4.69) is 39.3 Å². The number of hydrogen-bond acceptors (Lipinski definition) is 1. The van der Waals surface area contributed by atoms with Crippen LogP contribution >= 0.6 is 0 Å². The van der Waals surface area contributed by atoms with Crippen molar-refractivity contribution < 1.29 is 4.79 Å². The van der Waals surface area contributed by atoms with Gasteiger partial charge in [-0.1, -0.05) is 51.4 Å². The Balaban J connectivity index is 4.15. The molecule has 0 atom stereocenters. The van der Waals surface area contributed by atoms with Gasteiger partial charge in [-0.15, -0.1) is 0 Å². The fourth-order valence-electron chi connectivity index (χ4n) is 1.64. The van der Waals surface area contributed by atoms with Gasteiger partial charge in [-0.3, -0.25) is 4.79 Å². The molecule has 0 bridgehead atoms. The van der Waals surface area contributed by atoms with E-state index in [0.717, 1.165) is 12.8 Å². The monoisotopic (exact) mass is 259 g/mol. The topological polar surface area (TPSA) is 43.1 Å². The molecule has 0 rings (SSSR count). The Hall–Kier alpha value is -0.0962. The molecule has 1 amide bonds. The van der Waals surface area contributed by atoms with Gasteiger partial charge in [0.2, 0.25) is 5.91 Å². The average molecular weight is 260 g/mol. The summed E-state index contributed by atoms with van der Waals surface area (Å²) < 4.78 is 0. The Morgan fingerprint density at radius 3 is 1.44 bits per heavy atom. The van der Waals surface area contributed by atoms with E-state index < -0.39 is 16.1 Å². The van der Waals surface area contributed by atoms with Crippen molar-refractivity contribution in [1.82, 2.24) is 0 Å². The highest BCUT2D eigenvalue weighted by Gasteiger charge is 2.23. The lowest BCUT2D eigenvalue weighted by Crippen LogP contribution is -2.29. The number of carbonyl (C=O) groups excluding carboxylic acids is 1. The van der Waals surface area contributed by atoms with Crippen LogP contribution in [0, 0.1) is 5.92 Å². The fraction of sp³-hybridized carbons (Fsp3) is 0.917. The van der Waals surface area contributed by atoms with Gasteiger partial charge >= 0.3 is 0 Å². The Morgan fingerprint density at radius 1 is 0.938 bits per heavy atom. The van der Waals surface area contributed by atoms with Crippen molar-refractivity contribution in [3.63, 3.8) is 0 Å². The number of amides is 1. The predicted octanol–water partition coefficient (Wildman–Crippen LogP) is 3.54. The Labute approximate surface area is 103 Å². The van der Waals surface area contributed by atoms with Gasteiger partial charge in [-0.25, -0.2) is 0 Å². The minimum atomic E-state index is -1.04. The van der Waals surface area contributed by atoms with Crippen LogP contribution < -0.4 is 5.73 Å². The summed E-state index contributed by atoms with van der Waals surface area (Å²) >= 11 is 0. The molecule has 2 nitrogen and oxygen atoms in total. The zero-order chi connectivity index (χ0) is 13.0. The number of primary amides is 1. The maximum absolute atomic E-state index is 11.4. The smallest absolute Gasteiger partial charge is 0.220 e. The molecule has 0 saturated carbocycles. The first-order valence-corrected chi connectivity index (χ1v) is 13.7. The quantitative estimate of drug-likeness (QED) is 0.698. The van der Waals surface area contributed by atoms with Crippen LogP contribution in [0.5, 0.6) is 0 Å². The number of nitrogens with two attached hydrogens (primary N) is 1. The summed E-state index contributed by atoms with van der Waals surface area (Å²) in [5, 5.41) is 0. The van der Waals surface area contributed by atoms with Crippen LogP contribution in [0.1, 0.15) is 12.8 Å². The van der Waals surface area contributed by atoms with Gasteiger partial charge in [0.15, 0.2) is 0 Å². The molecule has 96 valence electrons. The van der Waals surface area contributed by atoms with Crippen LogP contribution in [0.25, 0.3) is 0 Å². The third-order valence-corrected chi connectivity index (χ3v) is 6.47. The van der Waals surface area contributed by atoms with Gasteiger partial charge in [-0.2, -0.15) is 0 Å². The molecule has 16 heavy (non-hydrogen) atoms. The van der Waals surface area contributed by atoms with Crippen LogP contribution in [0.15, 0.2) is 0 Å². The Bertz CT molecular complexity index is 210. The third-order valence-electron chi connectivity index (χ3n) is 2.89. The molecule has 0 fully saturated rings. The van der Waals surface area contributed by atoms with E-state index in [1.54, 1.807) is 0 Å². The van der Waals surface area contributed by atoms with Gasteiger partial charge in [0.1, 0.15) is 0 Å². The van der Waals surface area contributed by atoms with Crippen LogP contribution in [-0.4, -0.2) is 22.1 Å². The first-order valence-electron chi connectivity index (χ1n) is 6.31. The summed E-state index contributed by atoms with van der Waals surface area (Å²) in [5.74, 6) is 0.0370. The van der Waals surface area contributed by atoms with Crippen molar-refractivity contribution in [3.05, 3.63) is 0 Å². The van der Waals surface area contributed by atoms with Crippen molar-refractivity contribution in [2.24, 2.45) is 11.7 Å². The highest BCUT2D eigenvalue weighted by molar-refractivity contribution is 6.76. The van der Waals surface area contributed by atoms with Crippen LogP contribution in [-0.2, 0) is 4.79 Å². The molecule has 0 heterocycles. The fourth-order valence-corrected chi connectivity index (χ4v) is 4.07. The molecule has 0 radical (unpaired) electrons. The van der Waals surface area contributed by atoms with Crippen molar-refractivity contribution >= 4 is 22.1 Å². The SMILES string of the molecule is C[Si](C)(C)CCC(CC[Si](C)(C)C)C(N)=O. The summed E-state index contributed by atoms with van der Waals surface area (Å²) in [7, 11) is -2.07. The molecular weight excluding hydrogens is 230 g/mol. The minimum absolute atomic E-state index is 0.0866. The predicted molar refractivity (Wildman–Crippen MR) is 78.2 cm³/mol. The van der Waals surface area contributed by atoms with Crippen molar-refractivity contribution in [2.45, 2.75) is 64.2 Å². The molecule has 0 spiro atoms. The van der Waals surface area contributed by atoms with Crippen LogP contribution in [0.4, 0.5) is 0 Å². The number of carbonyl (C=O) groups is 1. The van der Waals surface area contributed by atoms with E-state index >= 15 is 0 Å². The highest BCUT2D eigenvalue weighted by Crippen LogP contribution is 2.23. The van der Waals surface area contributed by atoms with Gasteiger partial charge in [0.25, 0.3) is 0 Å². The summed E-state index contributed by atoms with van der Waals surface area (Å²) in [6.07, 6.45) is 2.02. The van der Waals surface area contributed by atoms with E-state index in [4.69, 9.17) is 5.73 Å². The van der Waals surface area contributed by atoms with Crippen LogP contribution in [0.3, 0.4) is 0 Å². The molecule has 0 aromatic heterocycles. The van der Waals surface area contributed by atoms with Gasteiger partial charge in [0, 0.05) is 22.1 Å². The molecule has 0 aliphatic rings. The van der Waals surface area contributed by atoms with E-state index in [9.17, 15) is 4.79 Å². The second-order valence-corrected chi connectivity index (χ2v) is 18.5. The Morgan fingerprint density at radius 2 is 1.25 bits per heavy atom. The summed E-state index contributed by atoms with van der Waals surface area (Å²) in [6, 6.07) is 2.43. The van der Waals surface area contributed by atoms with E-state index in [1.807, 2.05) is 0 Å². The maximum atomic E-state index is 11.4. The van der Waals surface area contributed by atoms with Gasteiger partial charge < -0.3 is 5.73 Å². The standard InChI is InChI=1S/C12H29NOSi2/c1-15(2,3)9-7-11(12(13)14)8-10-16(4,5)6/h11H,7-10H2,1-6H3,(H2,13,14). The van der Waals surface area contributed by atoms with Gasteiger partial charge in [-0.05, 0) is 12.8 Å². The lowest BCUT2D eigenvalue weighted by Gasteiger charge is -2.22. The first kappa shape index (κ1) is 15.9. The average Bonchev–Trinajstić information content (AvgIpc) is 1.98. The summed E-state index contributed by atoms with van der Waals surface area (Å²) in [5.41, 5.74) is 5.49. The minimum Gasteiger partial charge on any atom is -0.369 e. The normalized spacial score (nSPS) is 13.2. The Kier molecular flexibility index (Phi) is 5.97. The molecular formula is C12H29NOSi2. The molecule has 4 heteroatoms. The van der Waals surface area contributed by atoms with Gasteiger partial charge in [0.05, 0.1) is 0 Å². The summed E-state index contributed by atoms with van der Waals surface area (Å²) in [4.78, 5) is 11.4. The second kappa shape index (κ2) is 6.01.